The van der Waals surface area contributed by atoms with Gasteiger partial charge in [-0.1, -0.05) is 24.3 Å². The summed E-state index contributed by atoms with van der Waals surface area (Å²) in [4.78, 5) is 15.9. The highest BCUT2D eigenvalue weighted by Gasteiger charge is 2.47. The summed E-state index contributed by atoms with van der Waals surface area (Å²) in [6, 6.07) is 12.5. The van der Waals surface area contributed by atoms with Crippen molar-refractivity contribution in [1.29, 1.82) is 0 Å². The molecule has 1 atom stereocenters. The lowest BCUT2D eigenvalue weighted by Crippen LogP contribution is -2.47. The van der Waals surface area contributed by atoms with Gasteiger partial charge in [-0.15, -0.1) is 0 Å². The molecule has 132 valence electrons. The molecule has 0 saturated carbocycles. The molecule has 3 heterocycles. The second kappa shape index (κ2) is 5.74. The number of nitrogens with zero attached hydrogens (tertiary/aromatic N) is 4. The molecule has 0 amide bonds. The number of hydrogen-bond acceptors (Lipinski definition) is 5. The van der Waals surface area contributed by atoms with Gasteiger partial charge in [0.15, 0.2) is 5.65 Å². The molecule has 0 unspecified atom stereocenters. The molecule has 5 nitrogen and oxygen atoms in total. The van der Waals surface area contributed by atoms with Crippen molar-refractivity contribution < 1.29 is 5.11 Å². The molecular formula is C21H22N4O. The summed E-state index contributed by atoms with van der Waals surface area (Å²) in [5.41, 5.74) is 3.29. The fourth-order valence-corrected chi connectivity index (χ4v) is 4.78. The van der Waals surface area contributed by atoms with Crippen LogP contribution in [0.15, 0.2) is 42.6 Å². The molecule has 1 saturated heterocycles. The van der Waals surface area contributed by atoms with Crippen LogP contribution in [0.5, 0.6) is 0 Å². The fraction of sp³-hybridized carbons (Fsp3) is 0.381. The minimum absolute atomic E-state index is 0.108. The summed E-state index contributed by atoms with van der Waals surface area (Å²) in [6.45, 7) is 3.68. The third-order valence-corrected chi connectivity index (χ3v) is 6.12. The van der Waals surface area contributed by atoms with Gasteiger partial charge in [-0.05, 0) is 49.4 Å². The van der Waals surface area contributed by atoms with Crippen molar-refractivity contribution in [3.63, 3.8) is 0 Å². The lowest BCUT2D eigenvalue weighted by molar-refractivity contribution is 0.0780. The topological polar surface area (TPSA) is 62.1 Å². The first kappa shape index (κ1) is 15.7. The monoisotopic (exact) mass is 346 g/mol. The van der Waals surface area contributed by atoms with Crippen LogP contribution >= 0.6 is 0 Å². The lowest BCUT2D eigenvalue weighted by Gasteiger charge is -2.42. The van der Waals surface area contributed by atoms with Gasteiger partial charge in [0.05, 0.1) is 11.5 Å². The van der Waals surface area contributed by atoms with Crippen LogP contribution in [-0.2, 0) is 11.8 Å². The van der Waals surface area contributed by atoms with Gasteiger partial charge in [0, 0.05) is 24.7 Å². The minimum atomic E-state index is -0.285. The van der Waals surface area contributed by atoms with E-state index < -0.39 is 0 Å². The molecule has 1 aliphatic carbocycles. The van der Waals surface area contributed by atoms with E-state index in [1.807, 2.05) is 19.1 Å². The normalized spacial score (nSPS) is 21.3. The molecule has 3 aromatic rings. The zero-order valence-corrected chi connectivity index (χ0v) is 14.9. The van der Waals surface area contributed by atoms with Gasteiger partial charge in [-0.3, -0.25) is 0 Å². The molecular weight excluding hydrogens is 324 g/mol. The molecule has 2 aliphatic rings. The Bertz CT molecular complexity index is 979. The van der Waals surface area contributed by atoms with Gasteiger partial charge in [-0.2, -0.15) is 0 Å². The number of anilines is 1. The molecule has 5 heteroatoms. The lowest BCUT2D eigenvalue weighted by atomic mass is 9.72. The number of benzene rings is 1. The van der Waals surface area contributed by atoms with Crippen LogP contribution in [0.3, 0.4) is 0 Å². The maximum absolute atomic E-state index is 10.8. The number of piperidine rings is 1. The van der Waals surface area contributed by atoms with E-state index >= 15 is 0 Å². The van der Waals surface area contributed by atoms with Gasteiger partial charge < -0.3 is 10.0 Å². The highest BCUT2D eigenvalue weighted by Crippen LogP contribution is 2.47. The first-order valence-corrected chi connectivity index (χ1v) is 9.28. The smallest absolute Gasteiger partial charge is 0.164 e. The van der Waals surface area contributed by atoms with Crippen LogP contribution in [0.25, 0.3) is 11.0 Å². The SMILES string of the molecule is Cc1nc(N2CCC3(CC2)c2ccccc2C[C@H]3O)c2cccnc2n1. The maximum Gasteiger partial charge on any atom is 0.164 e. The first-order valence-electron chi connectivity index (χ1n) is 9.28. The number of fused-ring (bicyclic) bond motifs is 3. The van der Waals surface area contributed by atoms with Crippen molar-refractivity contribution in [1.82, 2.24) is 15.0 Å². The zero-order valence-electron chi connectivity index (χ0n) is 14.9. The average Bonchev–Trinajstić information content (AvgIpc) is 2.93. The Morgan fingerprint density at radius 1 is 1.08 bits per heavy atom. The second-order valence-corrected chi connectivity index (χ2v) is 7.49. The standard InChI is InChI=1S/C21H22N4O/c1-14-23-19-16(6-4-10-22-19)20(24-14)25-11-8-21(9-12-25)17-7-3-2-5-15(17)13-18(21)26/h2-7,10,18,26H,8-9,11-13H2,1H3/t18-/m1/s1. The van der Waals surface area contributed by atoms with Crippen molar-refractivity contribution in [2.24, 2.45) is 0 Å². The molecule has 1 fully saturated rings. The number of aliphatic hydroxyl groups excluding tert-OH is 1. The van der Waals surface area contributed by atoms with E-state index in [0.717, 1.165) is 55.0 Å². The van der Waals surface area contributed by atoms with Gasteiger partial charge in [0.1, 0.15) is 11.6 Å². The number of aromatic nitrogens is 3. The van der Waals surface area contributed by atoms with E-state index in [1.54, 1.807) is 6.20 Å². The van der Waals surface area contributed by atoms with E-state index in [-0.39, 0.29) is 11.5 Å². The maximum atomic E-state index is 10.8. The molecule has 1 aliphatic heterocycles. The summed E-state index contributed by atoms with van der Waals surface area (Å²) in [6.07, 6.45) is 4.14. The Labute approximate surface area is 152 Å². The van der Waals surface area contributed by atoms with Gasteiger partial charge in [0.25, 0.3) is 0 Å². The number of rotatable bonds is 1. The highest BCUT2D eigenvalue weighted by molar-refractivity contribution is 5.86. The summed E-state index contributed by atoms with van der Waals surface area (Å²) in [5, 5.41) is 11.8. The van der Waals surface area contributed by atoms with Crippen LogP contribution in [0.2, 0.25) is 0 Å². The van der Waals surface area contributed by atoms with Gasteiger partial charge >= 0.3 is 0 Å². The Morgan fingerprint density at radius 3 is 2.73 bits per heavy atom. The Morgan fingerprint density at radius 2 is 1.88 bits per heavy atom. The minimum Gasteiger partial charge on any atom is -0.392 e. The largest absolute Gasteiger partial charge is 0.392 e. The third-order valence-electron chi connectivity index (χ3n) is 6.12. The van der Waals surface area contributed by atoms with Crippen LogP contribution in [-0.4, -0.2) is 39.3 Å². The zero-order chi connectivity index (χ0) is 17.7. The number of aryl methyl sites for hydroxylation is 1. The second-order valence-electron chi connectivity index (χ2n) is 7.49. The van der Waals surface area contributed by atoms with Crippen molar-refractivity contribution in [3.05, 3.63) is 59.5 Å². The van der Waals surface area contributed by atoms with E-state index in [4.69, 9.17) is 4.98 Å². The average molecular weight is 346 g/mol. The molecule has 5 rings (SSSR count). The fourth-order valence-electron chi connectivity index (χ4n) is 4.78. The van der Waals surface area contributed by atoms with E-state index in [0.29, 0.717) is 0 Å². The van der Waals surface area contributed by atoms with E-state index in [2.05, 4.69) is 39.1 Å². The quantitative estimate of drug-likeness (QED) is 0.734. The molecule has 0 bridgehead atoms. The number of pyridine rings is 1. The summed E-state index contributed by atoms with van der Waals surface area (Å²) in [5.74, 6) is 1.72. The predicted molar refractivity (Wildman–Crippen MR) is 101 cm³/mol. The van der Waals surface area contributed by atoms with Gasteiger partial charge in [-0.25, -0.2) is 15.0 Å². The van der Waals surface area contributed by atoms with Crippen LogP contribution in [0.4, 0.5) is 5.82 Å². The highest BCUT2D eigenvalue weighted by atomic mass is 16.3. The summed E-state index contributed by atoms with van der Waals surface area (Å²) in [7, 11) is 0. The van der Waals surface area contributed by atoms with Crippen LogP contribution in [0, 0.1) is 6.92 Å². The summed E-state index contributed by atoms with van der Waals surface area (Å²) < 4.78 is 0. The molecule has 2 aromatic heterocycles. The number of hydrogen-bond donors (Lipinski definition) is 1. The van der Waals surface area contributed by atoms with Crippen molar-refractivity contribution in [2.75, 3.05) is 18.0 Å². The van der Waals surface area contributed by atoms with Crippen molar-refractivity contribution in [3.8, 4) is 0 Å². The molecule has 1 N–H and O–H groups in total. The van der Waals surface area contributed by atoms with Crippen molar-refractivity contribution in [2.45, 2.75) is 37.7 Å². The number of aliphatic hydroxyl groups is 1. The Hall–Kier alpha value is -2.53. The van der Waals surface area contributed by atoms with E-state index in [1.165, 1.54) is 11.1 Å². The van der Waals surface area contributed by atoms with Crippen LogP contribution in [0.1, 0.15) is 29.8 Å². The Balaban J connectivity index is 1.49. The van der Waals surface area contributed by atoms with Crippen LogP contribution < -0.4 is 4.90 Å². The summed E-state index contributed by atoms with van der Waals surface area (Å²) >= 11 is 0. The predicted octanol–water partition coefficient (Wildman–Crippen LogP) is 2.79. The Kier molecular flexibility index (Phi) is 3.47. The van der Waals surface area contributed by atoms with Crippen molar-refractivity contribution >= 4 is 16.9 Å². The molecule has 1 aromatic carbocycles. The molecule has 0 radical (unpaired) electrons. The first-order chi connectivity index (χ1) is 12.7. The third kappa shape index (κ3) is 2.23. The van der Waals surface area contributed by atoms with E-state index in [9.17, 15) is 5.11 Å². The van der Waals surface area contributed by atoms with Gasteiger partial charge in [0.2, 0.25) is 0 Å². The molecule has 1 spiro atoms. The molecule has 26 heavy (non-hydrogen) atoms.